The van der Waals surface area contributed by atoms with E-state index < -0.39 is 11.6 Å². The highest BCUT2D eigenvalue weighted by Crippen LogP contribution is 2.29. The fraction of sp³-hybridized carbons (Fsp3) is 0.231. The van der Waals surface area contributed by atoms with Gasteiger partial charge in [0.1, 0.15) is 5.03 Å². The van der Waals surface area contributed by atoms with Crippen LogP contribution in [0.5, 0.6) is 0 Å². The third-order valence-corrected chi connectivity index (χ3v) is 3.29. The van der Waals surface area contributed by atoms with Crippen LogP contribution in [0.4, 0.5) is 14.6 Å². The molecule has 0 bridgehead atoms. The van der Waals surface area contributed by atoms with Crippen molar-refractivity contribution in [2.24, 2.45) is 0 Å². The average molecular weight is 281 g/mol. The number of nitrogens with zero attached hydrogens (tertiary/aromatic N) is 2. The maximum absolute atomic E-state index is 13.7. The molecule has 0 aliphatic heterocycles. The third kappa shape index (κ3) is 3.64. The molecule has 2 heterocycles. The van der Waals surface area contributed by atoms with Crippen LogP contribution in [0.25, 0.3) is 0 Å². The van der Waals surface area contributed by atoms with Crippen LogP contribution in [0.1, 0.15) is 13.3 Å². The predicted octanol–water partition coefficient (Wildman–Crippen LogP) is 3.73. The van der Waals surface area contributed by atoms with Gasteiger partial charge in [-0.25, -0.2) is 13.8 Å². The van der Waals surface area contributed by atoms with Crippen molar-refractivity contribution in [2.45, 2.75) is 23.3 Å². The number of hydrogen-bond donors (Lipinski definition) is 1. The monoisotopic (exact) mass is 281 g/mol. The molecule has 0 aromatic carbocycles. The number of aromatic nitrogens is 2. The van der Waals surface area contributed by atoms with Crippen molar-refractivity contribution >= 4 is 17.6 Å². The highest BCUT2D eigenvalue weighted by molar-refractivity contribution is 7.99. The Labute approximate surface area is 114 Å². The van der Waals surface area contributed by atoms with E-state index in [0.29, 0.717) is 6.54 Å². The molecule has 0 unspecified atom stereocenters. The second-order valence-corrected chi connectivity index (χ2v) is 4.88. The summed E-state index contributed by atoms with van der Waals surface area (Å²) in [6.07, 6.45) is 4.06. The summed E-state index contributed by atoms with van der Waals surface area (Å²) in [6, 6.07) is 4.34. The van der Waals surface area contributed by atoms with Gasteiger partial charge in [0, 0.05) is 29.9 Å². The van der Waals surface area contributed by atoms with E-state index in [9.17, 15) is 8.78 Å². The summed E-state index contributed by atoms with van der Waals surface area (Å²) in [7, 11) is 0. The van der Waals surface area contributed by atoms with E-state index in [4.69, 9.17) is 0 Å². The topological polar surface area (TPSA) is 37.8 Å². The standard InChI is InChI=1S/C13H13F2N3S/c1-2-5-17-12-10(14)8-11(15)13(18-12)19-9-3-6-16-7-4-9/h3-4,6-8H,2,5H2,1H3,(H,17,18). The number of nitrogens with one attached hydrogen (secondary N) is 1. The lowest BCUT2D eigenvalue weighted by Crippen LogP contribution is -2.06. The quantitative estimate of drug-likeness (QED) is 0.906. The fourth-order valence-electron chi connectivity index (χ4n) is 1.41. The van der Waals surface area contributed by atoms with Crippen LogP contribution in [0.2, 0.25) is 0 Å². The molecule has 0 amide bonds. The second-order valence-electron chi connectivity index (χ2n) is 3.82. The van der Waals surface area contributed by atoms with Crippen LogP contribution in [-0.4, -0.2) is 16.5 Å². The van der Waals surface area contributed by atoms with Crippen LogP contribution in [0, 0.1) is 11.6 Å². The van der Waals surface area contributed by atoms with Gasteiger partial charge in [0.2, 0.25) is 0 Å². The van der Waals surface area contributed by atoms with Gasteiger partial charge in [-0.1, -0.05) is 18.7 Å². The summed E-state index contributed by atoms with van der Waals surface area (Å²) in [4.78, 5) is 8.67. The molecule has 2 rings (SSSR count). The van der Waals surface area contributed by atoms with Gasteiger partial charge in [-0.3, -0.25) is 4.98 Å². The molecule has 3 nitrogen and oxygen atoms in total. The molecule has 0 saturated carbocycles. The molecule has 0 fully saturated rings. The Bertz CT molecular complexity index is 549. The van der Waals surface area contributed by atoms with E-state index in [2.05, 4.69) is 15.3 Å². The van der Waals surface area contributed by atoms with Crippen molar-refractivity contribution in [2.75, 3.05) is 11.9 Å². The first-order valence-electron chi connectivity index (χ1n) is 5.88. The summed E-state index contributed by atoms with van der Waals surface area (Å²) >= 11 is 1.14. The van der Waals surface area contributed by atoms with E-state index >= 15 is 0 Å². The predicted molar refractivity (Wildman–Crippen MR) is 71.3 cm³/mol. The smallest absolute Gasteiger partial charge is 0.168 e. The average Bonchev–Trinajstić information content (AvgIpc) is 2.42. The van der Waals surface area contributed by atoms with Crippen molar-refractivity contribution < 1.29 is 8.78 Å². The number of hydrogen-bond acceptors (Lipinski definition) is 4. The van der Waals surface area contributed by atoms with Gasteiger partial charge in [-0.2, -0.15) is 0 Å². The summed E-state index contributed by atoms with van der Waals surface area (Å²) in [5.41, 5.74) is 0. The lowest BCUT2D eigenvalue weighted by Gasteiger charge is -2.08. The summed E-state index contributed by atoms with van der Waals surface area (Å²) < 4.78 is 27.2. The zero-order valence-corrected chi connectivity index (χ0v) is 11.2. The van der Waals surface area contributed by atoms with Crippen molar-refractivity contribution in [1.29, 1.82) is 0 Å². The van der Waals surface area contributed by atoms with E-state index in [-0.39, 0.29) is 10.8 Å². The molecular formula is C13H13F2N3S. The molecule has 100 valence electrons. The molecule has 19 heavy (non-hydrogen) atoms. The molecular weight excluding hydrogens is 268 g/mol. The molecule has 0 saturated heterocycles. The van der Waals surface area contributed by atoms with Gasteiger partial charge in [0.05, 0.1) is 0 Å². The highest BCUT2D eigenvalue weighted by Gasteiger charge is 2.12. The minimum absolute atomic E-state index is 0.0832. The minimum Gasteiger partial charge on any atom is -0.368 e. The van der Waals surface area contributed by atoms with Crippen LogP contribution >= 0.6 is 11.8 Å². The number of pyridine rings is 2. The lowest BCUT2D eigenvalue weighted by molar-refractivity contribution is 0.551. The molecule has 0 aliphatic rings. The molecule has 2 aromatic heterocycles. The molecule has 0 radical (unpaired) electrons. The summed E-state index contributed by atoms with van der Waals surface area (Å²) in [5, 5.41) is 2.98. The van der Waals surface area contributed by atoms with Crippen LogP contribution in [0.3, 0.4) is 0 Å². The Morgan fingerprint density at radius 2 is 1.95 bits per heavy atom. The molecule has 6 heteroatoms. The van der Waals surface area contributed by atoms with E-state index in [1.165, 1.54) is 0 Å². The first kappa shape index (κ1) is 13.7. The zero-order chi connectivity index (χ0) is 13.7. The normalized spacial score (nSPS) is 10.5. The Morgan fingerprint density at radius 3 is 2.63 bits per heavy atom. The number of halogens is 2. The van der Waals surface area contributed by atoms with Gasteiger partial charge in [-0.05, 0) is 18.6 Å². The van der Waals surface area contributed by atoms with Crippen LogP contribution in [0.15, 0.2) is 40.5 Å². The van der Waals surface area contributed by atoms with Crippen molar-refractivity contribution in [3.05, 3.63) is 42.2 Å². The van der Waals surface area contributed by atoms with Gasteiger partial charge in [-0.15, -0.1) is 0 Å². The molecule has 0 spiro atoms. The summed E-state index contributed by atoms with van der Waals surface area (Å²) in [6.45, 7) is 2.55. The SMILES string of the molecule is CCCNc1nc(Sc2ccncc2)c(F)cc1F. The second kappa shape index (κ2) is 6.47. The van der Waals surface area contributed by atoms with Crippen molar-refractivity contribution in [1.82, 2.24) is 9.97 Å². The van der Waals surface area contributed by atoms with E-state index in [1.54, 1.807) is 24.5 Å². The van der Waals surface area contributed by atoms with Gasteiger partial charge in [0.15, 0.2) is 17.5 Å². The Morgan fingerprint density at radius 1 is 1.21 bits per heavy atom. The lowest BCUT2D eigenvalue weighted by atomic mass is 10.4. The number of anilines is 1. The van der Waals surface area contributed by atoms with Crippen molar-refractivity contribution in [3.63, 3.8) is 0 Å². The zero-order valence-electron chi connectivity index (χ0n) is 10.4. The van der Waals surface area contributed by atoms with Crippen molar-refractivity contribution in [3.8, 4) is 0 Å². The van der Waals surface area contributed by atoms with Gasteiger partial charge < -0.3 is 5.32 Å². The van der Waals surface area contributed by atoms with Crippen LogP contribution in [-0.2, 0) is 0 Å². The Kier molecular flexibility index (Phi) is 4.68. The van der Waals surface area contributed by atoms with E-state index in [1.807, 2.05) is 6.92 Å². The molecule has 1 N–H and O–H groups in total. The Balaban J connectivity index is 2.24. The van der Waals surface area contributed by atoms with Crippen LogP contribution < -0.4 is 5.32 Å². The summed E-state index contributed by atoms with van der Waals surface area (Å²) in [5.74, 6) is -1.26. The van der Waals surface area contributed by atoms with Gasteiger partial charge >= 0.3 is 0 Å². The first-order valence-corrected chi connectivity index (χ1v) is 6.70. The largest absolute Gasteiger partial charge is 0.368 e. The van der Waals surface area contributed by atoms with Gasteiger partial charge in [0.25, 0.3) is 0 Å². The molecule has 0 atom stereocenters. The molecule has 2 aromatic rings. The highest BCUT2D eigenvalue weighted by atomic mass is 32.2. The van der Waals surface area contributed by atoms with E-state index in [0.717, 1.165) is 29.1 Å². The molecule has 0 aliphatic carbocycles. The minimum atomic E-state index is -0.676. The first-order chi connectivity index (χ1) is 9.20. The maximum atomic E-state index is 13.7. The Hall–Kier alpha value is -1.69. The maximum Gasteiger partial charge on any atom is 0.168 e. The number of rotatable bonds is 5. The third-order valence-electron chi connectivity index (χ3n) is 2.30. The fourth-order valence-corrected chi connectivity index (χ4v) is 2.18.